The largest absolute Gasteiger partial charge is 0.486 e. The van der Waals surface area contributed by atoms with Crippen molar-refractivity contribution < 1.29 is 19.4 Å². The molecule has 1 atom stereocenters. The molecule has 5 heteroatoms. The van der Waals surface area contributed by atoms with Crippen molar-refractivity contribution in [2.24, 2.45) is 0 Å². The van der Waals surface area contributed by atoms with Crippen molar-refractivity contribution in [2.75, 3.05) is 19.8 Å². The Morgan fingerprint density at radius 1 is 1.12 bits per heavy atom. The van der Waals surface area contributed by atoms with Crippen LogP contribution in [0.5, 0.6) is 11.5 Å². The first kappa shape index (κ1) is 18.6. The lowest BCUT2D eigenvalue weighted by molar-refractivity contribution is -0.121. The van der Waals surface area contributed by atoms with Gasteiger partial charge >= 0.3 is 0 Å². The molecule has 0 aromatic heterocycles. The molecule has 0 aliphatic carbocycles. The molecule has 1 unspecified atom stereocenters. The Morgan fingerprint density at radius 2 is 1.83 bits per heavy atom. The third-order valence-corrected chi connectivity index (χ3v) is 4.20. The minimum atomic E-state index is -0.741. The fourth-order valence-electron chi connectivity index (χ4n) is 2.75. The topological polar surface area (TPSA) is 67.8 Å². The maximum atomic E-state index is 11.8. The highest BCUT2D eigenvalue weighted by Gasteiger charge is 2.16. The van der Waals surface area contributed by atoms with E-state index in [4.69, 9.17) is 9.47 Å². The number of carbonyl (C=O) groups is 1. The molecule has 0 radical (unpaired) electrons. The van der Waals surface area contributed by atoms with Crippen LogP contribution in [0.3, 0.4) is 0 Å². The molecule has 1 aliphatic rings. The van der Waals surface area contributed by atoms with Gasteiger partial charge in [0.1, 0.15) is 13.2 Å². The zero-order chi connectivity index (χ0) is 17.2. The summed E-state index contributed by atoms with van der Waals surface area (Å²) in [6.07, 6.45) is 6.75. The fraction of sp³-hybridized carbons (Fsp3) is 0.632. The first-order valence-corrected chi connectivity index (χ1v) is 9.05. The number of carbonyl (C=O) groups excluding carboxylic acids is 1. The number of aliphatic hydroxyl groups excluding tert-OH is 1. The lowest BCUT2D eigenvalue weighted by Gasteiger charge is -2.20. The van der Waals surface area contributed by atoms with Gasteiger partial charge in [-0.15, -0.1) is 0 Å². The first-order chi connectivity index (χ1) is 11.7. The number of unbranched alkanes of at least 4 members (excludes halogenated alkanes) is 5. The molecule has 0 bridgehead atoms. The van der Waals surface area contributed by atoms with E-state index >= 15 is 0 Å². The average molecular weight is 335 g/mol. The van der Waals surface area contributed by atoms with Gasteiger partial charge in [0.25, 0.3) is 0 Å². The van der Waals surface area contributed by atoms with Crippen LogP contribution in [0.25, 0.3) is 0 Å². The van der Waals surface area contributed by atoms with Gasteiger partial charge < -0.3 is 19.9 Å². The van der Waals surface area contributed by atoms with Gasteiger partial charge in [-0.3, -0.25) is 4.79 Å². The van der Waals surface area contributed by atoms with E-state index in [0.717, 1.165) is 18.4 Å². The summed E-state index contributed by atoms with van der Waals surface area (Å²) in [6.45, 7) is 3.47. The molecule has 0 spiro atoms. The quantitative estimate of drug-likeness (QED) is 0.643. The molecule has 1 amide bonds. The van der Waals surface area contributed by atoms with Crippen molar-refractivity contribution in [1.82, 2.24) is 5.32 Å². The van der Waals surface area contributed by atoms with Crippen LogP contribution in [0.2, 0.25) is 0 Å². The first-order valence-electron chi connectivity index (χ1n) is 9.05. The Balaban J connectivity index is 1.67. The van der Waals surface area contributed by atoms with Gasteiger partial charge in [-0.25, -0.2) is 0 Å². The van der Waals surface area contributed by atoms with Crippen LogP contribution in [0, 0.1) is 0 Å². The van der Waals surface area contributed by atoms with Crippen molar-refractivity contribution >= 4 is 5.91 Å². The predicted octanol–water partition coefficient (Wildman–Crippen LogP) is 3.36. The normalized spacial score (nSPS) is 14.2. The number of rotatable bonds is 10. The summed E-state index contributed by atoms with van der Waals surface area (Å²) in [7, 11) is 0. The van der Waals surface area contributed by atoms with Gasteiger partial charge in [0.15, 0.2) is 11.5 Å². The molecule has 1 aliphatic heterocycles. The molecule has 5 nitrogen and oxygen atoms in total. The highest BCUT2D eigenvalue weighted by atomic mass is 16.6. The maximum absolute atomic E-state index is 11.8. The Morgan fingerprint density at radius 3 is 2.62 bits per heavy atom. The van der Waals surface area contributed by atoms with Crippen LogP contribution in [0.1, 0.15) is 63.5 Å². The van der Waals surface area contributed by atoms with Gasteiger partial charge in [-0.1, -0.05) is 45.1 Å². The van der Waals surface area contributed by atoms with Crippen LogP contribution in [0.4, 0.5) is 0 Å². The standard InChI is InChI=1S/C19H29NO4/c1-2-3-4-5-6-7-8-19(22)20-14-16(21)15-9-10-17-18(13-15)24-12-11-23-17/h9-10,13,16,21H,2-8,11-12,14H2,1H3,(H,20,22). The van der Waals surface area contributed by atoms with Gasteiger partial charge in [0, 0.05) is 13.0 Å². The Bertz CT molecular complexity index is 518. The zero-order valence-corrected chi connectivity index (χ0v) is 14.6. The van der Waals surface area contributed by atoms with E-state index in [-0.39, 0.29) is 12.5 Å². The molecule has 2 N–H and O–H groups in total. The summed E-state index contributed by atoms with van der Waals surface area (Å²) in [4.78, 5) is 11.8. The third kappa shape index (κ3) is 6.04. The number of amides is 1. The maximum Gasteiger partial charge on any atom is 0.220 e. The molecule has 1 aromatic rings. The monoisotopic (exact) mass is 335 g/mol. The summed E-state index contributed by atoms with van der Waals surface area (Å²) in [5.41, 5.74) is 0.721. The van der Waals surface area contributed by atoms with E-state index in [1.807, 2.05) is 0 Å². The SMILES string of the molecule is CCCCCCCCC(=O)NCC(O)c1ccc2c(c1)OCCO2. The second-order valence-electron chi connectivity index (χ2n) is 6.24. The minimum absolute atomic E-state index is 0.00193. The van der Waals surface area contributed by atoms with E-state index in [1.54, 1.807) is 18.2 Å². The van der Waals surface area contributed by atoms with Crippen molar-refractivity contribution in [3.05, 3.63) is 23.8 Å². The summed E-state index contributed by atoms with van der Waals surface area (Å²) in [5.74, 6) is 1.35. The summed E-state index contributed by atoms with van der Waals surface area (Å²) in [5, 5.41) is 13.0. The number of nitrogens with one attached hydrogen (secondary N) is 1. The second-order valence-corrected chi connectivity index (χ2v) is 6.24. The Hall–Kier alpha value is -1.75. The van der Waals surface area contributed by atoms with E-state index < -0.39 is 6.10 Å². The zero-order valence-electron chi connectivity index (χ0n) is 14.6. The number of hydrogen-bond acceptors (Lipinski definition) is 4. The van der Waals surface area contributed by atoms with Crippen LogP contribution in [-0.2, 0) is 4.79 Å². The van der Waals surface area contributed by atoms with E-state index in [1.165, 1.54) is 25.7 Å². The molecule has 24 heavy (non-hydrogen) atoms. The summed E-state index contributed by atoms with van der Waals surface area (Å²) >= 11 is 0. The minimum Gasteiger partial charge on any atom is -0.486 e. The molecule has 2 rings (SSSR count). The van der Waals surface area contributed by atoms with Gasteiger partial charge in [0.05, 0.1) is 6.10 Å². The van der Waals surface area contributed by atoms with E-state index in [0.29, 0.717) is 31.1 Å². The van der Waals surface area contributed by atoms with Crippen molar-refractivity contribution in [3.8, 4) is 11.5 Å². The number of ether oxygens (including phenoxy) is 2. The van der Waals surface area contributed by atoms with E-state index in [2.05, 4.69) is 12.2 Å². The van der Waals surface area contributed by atoms with Gasteiger partial charge in [-0.05, 0) is 24.1 Å². The Kier molecular flexibility index (Phi) is 7.89. The average Bonchev–Trinajstić information content (AvgIpc) is 2.62. The van der Waals surface area contributed by atoms with Crippen molar-refractivity contribution in [1.29, 1.82) is 0 Å². The highest BCUT2D eigenvalue weighted by Crippen LogP contribution is 2.32. The lowest BCUT2D eigenvalue weighted by atomic mass is 10.1. The third-order valence-electron chi connectivity index (χ3n) is 4.20. The number of fused-ring (bicyclic) bond motifs is 1. The summed E-state index contributed by atoms with van der Waals surface area (Å²) < 4.78 is 11.0. The molecular weight excluding hydrogens is 306 g/mol. The lowest BCUT2D eigenvalue weighted by Crippen LogP contribution is -2.28. The smallest absolute Gasteiger partial charge is 0.220 e. The molecule has 0 saturated carbocycles. The molecule has 1 heterocycles. The highest BCUT2D eigenvalue weighted by molar-refractivity contribution is 5.75. The predicted molar refractivity (Wildman–Crippen MR) is 93.4 cm³/mol. The van der Waals surface area contributed by atoms with Gasteiger partial charge in [-0.2, -0.15) is 0 Å². The van der Waals surface area contributed by atoms with Crippen molar-refractivity contribution in [2.45, 2.75) is 58.0 Å². The van der Waals surface area contributed by atoms with Crippen LogP contribution in [0.15, 0.2) is 18.2 Å². The van der Waals surface area contributed by atoms with Crippen LogP contribution < -0.4 is 14.8 Å². The van der Waals surface area contributed by atoms with Gasteiger partial charge in [0.2, 0.25) is 5.91 Å². The van der Waals surface area contributed by atoms with Crippen LogP contribution >= 0.6 is 0 Å². The molecule has 1 aromatic carbocycles. The molecule has 0 fully saturated rings. The molecule has 0 saturated heterocycles. The Labute approximate surface area is 144 Å². The second kappa shape index (κ2) is 10.2. The summed E-state index contributed by atoms with van der Waals surface area (Å²) in [6, 6.07) is 5.38. The number of benzene rings is 1. The number of aliphatic hydroxyl groups is 1. The van der Waals surface area contributed by atoms with Crippen molar-refractivity contribution in [3.63, 3.8) is 0 Å². The fourth-order valence-corrected chi connectivity index (χ4v) is 2.75. The van der Waals surface area contributed by atoms with Crippen LogP contribution in [-0.4, -0.2) is 30.8 Å². The molecular formula is C19H29NO4. The number of hydrogen-bond donors (Lipinski definition) is 2. The van der Waals surface area contributed by atoms with E-state index in [9.17, 15) is 9.90 Å². The molecule has 134 valence electrons.